The standard InChI is InChI=1S/C15H19N5O2S3/c1-2-23-15-19-18-13(25-15)17-12(21)10-5-7-20(8-6-10)14(22)16-11-4-3-9-24-11/h3-4,9-10H,2,5-8H2,1H3,(H,16,22)(H,17,18,21). The van der Waals surface area contributed by atoms with E-state index in [-0.39, 0.29) is 17.9 Å². The van der Waals surface area contributed by atoms with E-state index in [4.69, 9.17) is 0 Å². The molecule has 1 aliphatic rings. The Bertz CT molecular complexity index is 711. The summed E-state index contributed by atoms with van der Waals surface area (Å²) in [5.41, 5.74) is 0. The zero-order valence-electron chi connectivity index (χ0n) is 13.7. The van der Waals surface area contributed by atoms with Crippen LogP contribution in [-0.2, 0) is 4.79 Å². The Balaban J connectivity index is 1.46. The van der Waals surface area contributed by atoms with Crippen molar-refractivity contribution in [3.63, 3.8) is 0 Å². The smallest absolute Gasteiger partial charge is 0.322 e. The average Bonchev–Trinajstić information content (AvgIpc) is 3.27. The number of thioether (sulfide) groups is 1. The average molecular weight is 398 g/mol. The van der Waals surface area contributed by atoms with Crippen molar-refractivity contribution in [3.8, 4) is 0 Å². The van der Waals surface area contributed by atoms with Gasteiger partial charge in [0.05, 0.1) is 5.00 Å². The number of carbonyl (C=O) groups excluding carboxylic acids is 2. The van der Waals surface area contributed by atoms with Crippen molar-refractivity contribution in [1.82, 2.24) is 15.1 Å². The summed E-state index contributed by atoms with van der Waals surface area (Å²) in [5, 5.41) is 17.0. The second kappa shape index (κ2) is 8.63. The van der Waals surface area contributed by atoms with E-state index in [1.54, 1.807) is 16.7 Å². The normalized spacial score (nSPS) is 15.2. The highest BCUT2D eigenvalue weighted by molar-refractivity contribution is 8.01. The molecule has 0 aromatic carbocycles. The topological polar surface area (TPSA) is 87.2 Å². The van der Waals surface area contributed by atoms with E-state index in [9.17, 15) is 9.59 Å². The zero-order valence-corrected chi connectivity index (χ0v) is 16.2. The van der Waals surface area contributed by atoms with Gasteiger partial charge in [0.25, 0.3) is 0 Å². The van der Waals surface area contributed by atoms with Crippen LogP contribution in [0.2, 0.25) is 0 Å². The van der Waals surface area contributed by atoms with Crippen molar-refractivity contribution >= 4 is 56.5 Å². The third-order valence-electron chi connectivity index (χ3n) is 3.81. The highest BCUT2D eigenvalue weighted by Gasteiger charge is 2.28. The highest BCUT2D eigenvalue weighted by atomic mass is 32.2. The molecule has 1 aliphatic heterocycles. The fraction of sp³-hybridized carbons (Fsp3) is 0.467. The molecular weight excluding hydrogens is 378 g/mol. The maximum atomic E-state index is 12.4. The van der Waals surface area contributed by atoms with E-state index in [0.717, 1.165) is 15.1 Å². The molecule has 0 radical (unpaired) electrons. The second-order valence-corrected chi connectivity index (χ2v) is 8.90. The van der Waals surface area contributed by atoms with Crippen LogP contribution in [0.4, 0.5) is 14.9 Å². The third-order valence-corrected chi connectivity index (χ3v) is 6.45. The number of likely N-dealkylation sites (tertiary alicyclic amines) is 1. The van der Waals surface area contributed by atoms with E-state index in [1.165, 1.54) is 22.7 Å². The van der Waals surface area contributed by atoms with Crippen molar-refractivity contribution in [1.29, 1.82) is 0 Å². The van der Waals surface area contributed by atoms with E-state index in [0.29, 0.717) is 31.1 Å². The SMILES string of the molecule is CCSc1nnc(NC(=O)C2CCN(C(=O)Nc3cccs3)CC2)s1. The van der Waals surface area contributed by atoms with Crippen LogP contribution in [0.3, 0.4) is 0 Å². The predicted molar refractivity (Wildman–Crippen MR) is 103 cm³/mol. The predicted octanol–water partition coefficient (Wildman–Crippen LogP) is 3.59. The molecule has 25 heavy (non-hydrogen) atoms. The summed E-state index contributed by atoms with van der Waals surface area (Å²) in [6, 6.07) is 3.66. The van der Waals surface area contributed by atoms with E-state index >= 15 is 0 Å². The molecule has 134 valence electrons. The van der Waals surface area contributed by atoms with Crippen LogP contribution >= 0.6 is 34.4 Å². The van der Waals surface area contributed by atoms with E-state index in [2.05, 4.69) is 20.8 Å². The van der Waals surface area contributed by atoms with Gasteiger partial charge in [-0.15, -0.1) is 21.5 Å². The van der Waals surface area contributed by atoms with Gasteiger partial charge in [0, 0.05) is 19.0 Å². The maximum absolute atomic E-state index is 12.4. The summed E-state index contributed by atoms with van der Waals surface area (Å²) >= 11 is 4.49. The van der Waals surface area contributed by atoms with Crippen molar-refractivity contribution < 1.29 is 9.59 Å². The Morgan fingerprint density at radius 2 is 2.12 bits per heavy atom. The van der Waals surface area contributed by atoms with Crippen LogP contribution in [0.15, 0.2) is 21.9 Å². The number of carbonyl (C=O) groups is 2. The summed E-state index contributed by atoms with van der Waals surface area (Å²) in [6.45, 7) is 3.19. The van der Waals surface area contributed by atoms with Gasteiger partial charge >= 0.3 is 6.03 Å². The molecule has 0 saturated carbocycles. The first-order valence-electron chi connectivity index (χ1n) is 8.02. The van der Waals surface area contributed by atoms with Gasteiger partial charge in [-0.1, -0.05) is 30.0 Å². The number of hydrogen-bond donors (Lipinski definition) is 2. The van der Waals surface area contributed by atoms with Gasteiger partial charge < -0.3 is 10.2 Å². The van der Waals surface area contributed by atoms with Crippen LogP contribution in [0, 0.1) is 5.92 Å². The first-order chi connectivity index (χ1) is 12.2. The molecule has 7 nitrogen and oxygen atoms in total. The summed E-state index contributed by atoms with van der Waals surface area (Å²) < 4.78 is 0.859. The summed E-state index contributed by atoms with van der Waals surface area (Å²) in [7, 11) is 0. The Hall–Kier alpha value is -1.65. The minimum absolute atomic E-state index is 0.0393. The molecule has 1 fully saturated rings. The van der Waals surface area contributed by atoms with Crippen LogP contribution in [0.5, 0.6) is 0 Å². The molecule has 10 heteroatoms. The number of nitrogens with one attached hydrogen (secondary N) is 2. The van der Waals surface area contributed by atoms with Crippen molar-refractivity contribution in [2.24, 2.45) is 5.92 Å². The molecule has 3 amide bonds. The first-order valence-corrected chi connectivity index (χ1v) is 10.7. The maximum Gasteiger partial charge on any atom is 0.322 e. The Morgan fingerprint density at radius 1 is 1.32 bits per heavy atom. The molecule has 0 bridgehead atoms. The van der Waals surface area contributed by atoms with E-state index in [1.807, 2.05) is 24.4 Å². The highest BCUT2D eigenvalue weighted by Crippen LogP contribution is 2.26. The third kappa shape index (κ3) is 4.93. The minimum atomic E-state index is -0.105. The lowest BCUT2D eigenvalue weighted by Crippen LogP contribution is -2.43. The lowest BCUT2D eigenvalue weighted by atomic mass is 9.96. The van der Waals surface area contributed by atoms with Gasteiger partial charge in [0.2, 0.25) is 11.0 Å². The van der Waals surface area contributed by atoms with Gasteiger partial charge in [-0.05, 0) is 36.1 Å². The number of hydrogen-bond acceptors (Lipinski definition) is 7. The Labute approximate surface area is 158 Å². The molecule has 2 aromatic heterocycles. The Morgan fingerprint density at radius 3 is 2.80 bits per heavy atom. The fourth-order valence-corrected chi connectivity index (χ4v) is 4.79. The number of nitrogens with zero attached hydrogens (tertiary/aromatic N) is 3. The molecule has 0 unspecified atom stereocenters. The van der Waals surface area contributed by atoms with E-state index < -0.39 is 0 Å². The molecule has 0 atom stereocenters. The number of piperidine rings is 1. The number of rotatable bonds is 5. The number of aromatic nitrogens is 2. The van der Waals surface area contributed by atoms with Crippen molar-refractivity contribution in [2.45, 2.75) is 24.1 Å². The number of urea groups is 1. The van der Waals surface area contributed by atoms with Gasteiger partial charge in [-0.3, -0.25) is 10.1 Å². The van der Waals surface area contributed by atoms with Gasteiger partial charge in [-0.2, -0.15) is 0 Å². The molecule has 3 heterocycles. The van der Waals surface area contributed by atoms with Crippen molar-refractivity contribution in [2.75, 3.05) is 29.5 Å². The lowest BCUT2D eigenvalue weighted by Gasteiger charge is -2.31. The first kappa shape index (κ1) is 18.2. The zero-order chi connectivity index (χ0) is 17.6. The van der Waals surface area contributed by atoms with Crippen molar-refractivity contribution in [3.05, 3.63) is 17.5 Å². The number of amides is 3. The van der Waals surface area contributed by atoms with Crippen LogP contribution in [-0.4, -0.2) is 45.9 Å². The molecule has 1 saturated heterocycles. The molecule has 0 aliphatic carbocycles. The summed E-state index contributed by atoms with van der Waals surface area (Å²) in [4.78, 5) is 26.3. The fourth-order valence-electron chi connectivity index (χ4n) is 2.53. The van der Waals surface area contributed by atoms with Crippen LogP contribution in [0.25, 0.3) is 0 Å². The quantitative estimate of drug-likeness (QED) is 0.595. The molecule has 3 rings (SSSR count). The summed E-state index contributed by atoms with van der Waals surface area (Å²) in [5.74, 6) is 0.786. The summed E-state index contributed by atoms with van der Waals surface area (Å²) in [6.07, 6.45) is 1.30. The van der Waals surface area contributed by atoms with Crippen LogP contribution < -0.4 is 10.6 Å². The number of thiophene rings is 1. The minimum Gasteiger partial charge on any atom is -0.324 e. The molecular formula is C15H19N5O2S3. The van der Waals surface area contributed by atoms with Gasteiger partial charge in [0.15, 0.2) is 4.34 Å². The number of anilines is 2. The Kier molecular flexibility index (Phi) is 6.27. The second-order valence-electron chi connectivity index (χ2n) is 5.46. The molecule has 2 N–H and O–H groups in total. The van der Waals surface area contributed by atoms with Gasteiger partial charge in [0.1, 0.15) is 0 Å². The lowest BCUT2D eigenvalue weighted by molar-refractivity contribution is -0.121. The molecule has 0 spiro atoms. The van der Waals surface area contributed by atoms with Gasteiger partial charge in [-0.25, -0.2) is 4.79 Å². The van der Waals surface area contributed by atoms with Crippen LogP contribution in [0.1, 0.15) is 19.8 Å². The monoisotopic (exact) mass is 397 g/mol. The molecule has 2 aromatic rings. The largest absolute Gasteiger partial charge is 0.324 e.